The van der Waals surface area contributed by atoms with Crippen molar-refractivity contribution in [3.8, 4) is 17.2 Å². The van der Waals surface area contributed by atoms with Crippen LogP contribution in [0.15, 0.2) is 46.1 Å². The van der Waals surface area contributed by atoms with Crippen molar-refractivity contribution in [1.82, 2.24) is 4.90 Å². The van der Waals surface area contributed by atoms with Gasteiger partial charge in [0, 0.05) is 86.2 Å². The van der Waals surface area contributed by atoms with Crippen LogP contribution in [0.25, 0.3) is 10.8 Å². The first-order valence-corrected chi connectivity index (χ1v) is 20.4. The van der Waals surface area contributed by atoms with Gasteiger partial charge < -0.3 is 50.0 Å². The number of Topliss-reactive ketones (excluding diaryl/α,β-unsaturated/α-hetero) is 1. The molecule has 0 aliphatic carbocycles. The molecule has 14 nitrogen and oxygen atoms in total. The third-order valence-corrected chi connectivity index (χ3v) is 13.2. The van der Waals surface area contributed by atoms with Gasteiger partial charge in [0.1, 0.15) is 27.9 Å². The third-order valence-electron chi connectivity index (χ3n) is 13.2. The molecule has 6 N–H and O–H groups in total. The number of fused-ring (bicyclic) bond motifs is 13. The number of phenolic OH excluding ortho intramolecular Hbond substituents is 2. The molecule has 14 heteroatoms. The SMILES string of the molecule is CC[C@H](C)N1CCC2(CC1)N=c1c(c3c4c5c(C)c(O)c3c(O)c1=NC(=O)/C(C)=C\C=C/[C@H](C)[C@H](O)[C@@H](C)[C@@H](O)[C@@H](C)[C@H](O)[C@H](C)[C@@H](OC)/C=C\O[C@@](C)(O5)C4=O)N2. The second kappa shape index (κ2) is 16.4. The van der Waals surface area contributed by atoms with Gasteiger partial charge in [-0.25, -0.2) is 4.99 Å². The summed E-state index contributed by atoms with van der Waals surface area (Å²) < 4.78 is 18.0. The first-order valence-electron chi connectivity index (χ1n) is 20.4. The third kappa shape index (κ3) is 7.42. The summed E-state index contributed by atoms with van der Waals surface area (Å²) in [7, 11) is 1.47. The van der Waals surface area contributed by atoms with Crippen molar-refractivity contribution in [2.24, 2.45) is 33.7 Å². The van der Waals surface area contributed by atoms with E-state index in [4.69, 9.17) is 19.2 Å². The van der Waals surface area contributed by atoms with Crippen LogP contribution in [-0.2, 0) is 14.3 Å². The summed E-state index contributed by atoms with van der Waals surface area (Å²) in [6, 6.07) is 0.368. The molecule has 5 bridgehead atoms. The molecular weight excluding hydrogens is 745 g/mol. The van der Waals surface area contributed by atoms with Crippen LogP contribution in [0, 0.1) is 30.6 Å². The minimum Gasteiger partial charge on any atom is -0.507 e. The molecule has 10 atom stereocenters. The standard InChI is InChI=1S/C44H60N4O10/c1-11-23(4)48-18-16-44(17-19-48)46-32-29-30-38(52)27(8)40-31(29)41(54)43(9,58-40)57-20-15-28(56-10)24(5)36(50)26(7)37(51)25(6)35(49)21(2)13-12-14-22(3)42(55)45-34(39(30)53)33(32)47-44/h12-15,20-21,23-26,28,35-37,46,49-53H,11,16-19H2,1-10H3/b13-12-,20-15-,22-14-,45-34?/t21-,23-,24+,25+,26-,28-,35-,36+,37+,43-/m0/s1. The van der Waals surface area contributed by atoms with Gasteiger partial charge in [-0.15, -0.1) is 0 Å². The summed E-state index contributed by atoms with van der Waals surface area (Å²) >= 11 is 0. The number of aliphatic hydroxyl groups excluding tert-OH is 3. The van der Waals surface area contributed by atoms with Gasteiger partial charge in [-0.1, -0.05) is 52.8 Å². The Morgan fingerprint density at radius 3 is 2.22 bits per heavy atom. The fourth-order valence-electron chi connectivity index (χ4n) is 8.82. The summed E-state index contributed by atoms with van der Waals surface area (Å²) in [4.78, 5) is 40.3. The van der Waals surface area contributed by atoms with Crippen LogP contribution in [0.1, 0.15) is 90.6 Å². The number of amides is 1. The van der Waals surface area contributed by atoms with E-state index in [-0.39, 0.29) is 49.7 Å². The van der Waals surface area contributed by atoms with E-state index >= 15 is 0 Å². The van der Waals surface area contributed by atoms with E-state index in [1.807, 2.05) is 0 Å². The molecule has 5 aliphatic heterocycles. The number of allylic oxidation sites excluding steroid dienone is 2. The second-order valence-corrected chi connectivity index (χ2v) is 17.0. The topological polar surface area (TPSA) is 203 Å². The number of likely N-dealkylation sites (tertiary alicyclic amines) is 1. The maximum atomic E-state index is 14.6. The van der Waals surface area contributed by atoms with Gasteiger partial charge >= 0.3 is 5.79 Å². The monoisotopic (exact) mass is 804 g/mol. The highest BCUT2D eigenvalue weighted by atomic mass is 16.7. The minimum absolute atomic E-state index is 0.0680. The van der Waals surface area contributed by atoms with Gasteiger partial charge in [0.15, 0.2) is 5.75 Å². The number of benzene rings is 2. The number of methoxy groups -OCH3 is 1. The Labute approximate surface area is 339 Å². The number of phenols is 2. The normalized spacial score (nSPS) is 34.3. The predicted molar refractivity (Wildman–Crippen MR) is 218 cm³/mol. The molecule has 1 fully saturated rings. The molecule has 0 unspecified atom stereocenters. The number of aliphatic hydroxyl groups is 3. The highest BCUT2D eigenvalue weighted by Crippen LogP contribution is 2.51. The zero-order valence-electron chi connectivity index (χ0n) is 35.2. The van der Waals surface area contributed by atoms with E-state index in [0.717, 1.165) is 19.5 Å². The van der Waals surface area contributed by atoms with Crippen LogP contribution in [0.3, 0.4) is 0 Å². The molecule has 1 saturated heterocycles. The lowest BCUT2D eigenvalue weighted by Crippen LogP contribution is -2.49. The fraction of sp³-hybridized carbons (Fsp3) is 0.591. The van der Waals surface area contributed by atoms with Crippen molar-refractivity contribution in [2.75, 3.05) is 25.5 Å². The summed E-state index contributed by atoms with van der Waals surface area (Å²) in [5, 5.41) is 61.5. The first kappa shape index (κ1) is 43.2. The number of hydrogen-bond donors (Lipinski definition) is 6. The molecule has 2 aromatic rings. The largest absolute Gasteiger partial charge is 0.507 e. The lowest BCUT2D eigenvalue weighted by Gasteiger charge is -2.40. The van der Waals surface area contributed by atoms with Gasteiger partial charge in [-0.05, 0) is 33.3 Å². The first-order chi connectivity index (χ1) is 27.3. The average Bonchev–Trinajstić information content (AvgIpc) is 3.70. The van der Waals surface area contributed by atoms with Crippen LogP contribution in [-0.4, -0.2) is 104 Å². The van der Waals surface area contributed by atoms with E-state index in [9.17, 15) is 35.1 Å². The molecular formula is C44H60N4O10. The van der Waals surface area contributed by atoms with Crippen molar-refractivity contribution < 1.29 is 49.3 Å². The smallest absolute Gasteiger partial charge is 0.312 e. The second-order valence-electron chi connectivity index (χ2n) is 17.0. The van der Waals surface area contributed by atoms with E-state index in [2.05, 4.69) is 29.1 Å². The van der Waals surface area contributed by atoms with Crippen LogP contribution < -0.4 is 20.8 Å². The van der Waals surface area contributed by atoms with Gasteiger partial charge in [0.2, 0.25) is 0 Å². The zero-order valence-corrected chi connectivity index (χ0v) is 35.2. The van der Waals surface area contributed by atoms with Crippen molar-refractivity contribution in [3.63, 3.8) is 0 Å². The van der Waals surface area contributed by atoms with Crippen LogP contribution in [0.4, 0.5) is 5.69 Å². The number of rotatable bonds is 3. The van der Waals surface area contributed by atoms with Crippen molar-refractivity contribution in [1.29, 1.82) is 0 Å². The van der Waals surface area contributed by atoms with Crippen LogP contribution in [0.2, 0.25) is 0 Å². The molecule has 2 aromatic carbocycles. The summed E-state index contributed by atoms with van der Waals surface area (Å²) in [5.41, 5.74) is -0.0493. The van der Waals surface area contributed by atoms with E-state index in [1.54, 1.807) is 65.8 Å². The lowest BCUT2D eigenvalue weighted by atomic mass is 9.78. The Balaban J connectivity index is 1.56. The number of ketones is 1. The number of anilines is 1. The molecule has 0 aromatic heterocycles. The molecule has 7 rings (SSSR count). The minimum atomic E-state index is -1.92. The van der Waals surface area contributed by atoms with E-state index in [0.29, 0.717) is 24.6 Å². The predicted octanol–water partition coefficient (Wildman–Crippen LogP) is 4.32. The lowest BCUT2D eigenvalue weighted by molar-refractivity contribution is -0.114. The Hall–Kier alpha value is -4.34. The van der Waals surface area contributed by atoms with Gasteiger partial charge in [0.05, 0.1) is 47.3 Å². The summed E-state index contributed by atoms with van der Waals surface area (Å²) in [5.74, 6) is -6.31. The molecule has 316 valence electrons. The number of nitrogens with zero attached hydrogens (tertiary/aromatic N) is 3. The molecule has 5 heterocycles. The Morgan fingerprint density at radius 1 is 0.948 bits per heavy atom. The number of carbonyl (C=O) groups is 2. The average molecular weight is 805 g/mol. The fourth-order valence-corrected chi connectivity index (χ4v) is 8.82. The molecule has 58 heavy (non-hydrogen) atoms. The number of aromatic hydroxyl groups is 2. The molecule has 1 spiro atoms. The zero-order chi connectivity index (χ0) is 42.6. The van der Waals surface area contributed by atoms with E-state index < -0.39 is 77.0 Å². The summed E-state index contributed by atoms with van der Waals surface area (Å²) in [6.07, 6.45) is 6.00. The highest BCUT2D eigenvalue weighted by molar-refractivity contribution is 6.21. The maximum Gasteiger partial charge on any atom is 0.312 e. The Morgan fingerprint density at radius 2 is 1.59 bits per heavy atom. The molecule has 5 aliphatic rings. The van der Waals surface area contributed by atoms with Gasteiger partial charge in [0.25, 0.3) is 11.7 Å². The van der Waals surface area contributed by atoms with Crippen molar-refractivity contribution in [2.45, 2.75) is 123 Å². The van der Waals surface area contributed by atoms with Crippen molar-refractivity contribution in [3.05, 3.63) is 58.0 Å². The number of hydrogen-bond acceptors (Lipinski definition) is 13. The molecule has 0 radical (unpaired) electrons. The number of piperidine rings is 1. The quantitative estimate of drug-likeness (QED) is 0.240. The number of nitrogens with one attached hydrogen (secondary N) is 1. The molecule has 0 saturated carbocycles. The Bertz CT molecular complexity index is 2180. The van der Waals surface area contributed by atoms with Gasteiger partial charge in [-0.2, -0.15) is 0 Å². The van der Waals surface area contributed by atoms with Crippen molar-refractivity contribution >= 4 is 28.2 Å². The van der Waals surface area contributed by atoms with Crippen LogP contribution >= 0.6 is 0 Å². The Kier molecular flexibility index (Phi) is 12.2. The molecule has 1 amide bonds. The van der Waals surface area contributed by atoms with Gasteiger partial charge in [-0.3, -0.25) is 14.6 Å². The number of ether oxygens (including phenoxy) is 3. The summed E-state index contributed by atoms with van der Waals surface area (Å²) in [6.45, 7) is 17.3. The van der Waals surface area contributed by atoms with E-state index in [1.165, 1.54) is 20.3 Å². The number of carbonyl (C=O) groups excluding carboxylic acids is 2. The highest BCUT2D eigenvalue weighted by Gasteiger charge is 2.50. The maximum absolute atomic E-state index is 14.6. The van der Waals surface area contributed by atoms with Crippen LogP contribution in [0.5, 0.6) is 17.2 Å².